The summed E-state index contributed by atoms with van der Waals surface area (Å²) in [5.74, 6) is 1.83. The van der Waals surface area contributed by atoms with Gasteiger partial charge in [-0.15, -0.1) is 0 Å². The number of amides is 1. The number of ether oxygens (including phenoxy) is 1. The third-order valence-corrected chi connectivity index (χ3v) is 5.21. The minimum atomic E-state index is -0.0191. The van der Waals surface area contributed by atoms with Crippen LogP contribution in [0, 0.1) is 0 Å². The smallest absolute Gasteiger partial charge is 0.253 e. The molecule has 0 bridgehead atoms. The van der Waals surface area contributed by atoms with Crippen molar-refractivity contribution in [2.45, 2.75) is 37.9 Å². The molecule has 2 aromatic rings. The van der Waals surface area contributed by atoms with E-state index in [4.69, 9.17) is 4.74 Å². The molecule has 1 aromatic carbocycles. The van der Waals surface area contributed by atoms with Crippen molar-refractivity contribution in [1.29, 1.82) is 0 Å². The minimum Gasteiger partial charge on any atom is -0.496 e. The second kappa shape index (κ2) is 7.96. The predicted molar refractivity (Wildman–Crippen MR) is 105 cm³/mol. The van der Waals surface area contributed by atoms with Crippen LogP contribution < -0.4 is 20.3 Å². The van der Waals surface area contributed by atoms with Gasteiger partial charge in [-0.2, -0.15) is 0 Å². The van der Waals surface area contributed by atoms with Crippen molar-refractivity contribution < 1.29 is 9.53 Å². The number of carbonyl (C=O) groups excluding carboxylic acids is 1. The zero-order chi connectivity index (χ0) is 18.6. The average molecular weight is 366 g/mol. The number of nitrogens with one attached hydrogen (secondary N) is 2. The van der Waals surface area contributed by atoms with Crippen molar-refractivity contribution in [3.05, 3.63) is 53.7 Å². The molecule has 6 heteroatoms. The number of hydrogen-bond acceptors (Lipinski definition) is 5. The van der Waals surface area contributed by atoms with Crippen LogP contribution in [0.25, 0.3) is 0 Å². The molecule has 1 aliphatic heterocycles. The van der Waals surface area contributed by atoms with Gasteiger partial charge in [0.25, 0.3) is 5.91 Å². The standard InChI is InChI=1S/C21H26N4O2/c1-27-19-5-3-2-4-15(19)12-22-18-10-11-25(14-18)20-9-6-16(13-23-20)21(26)24-17-7-8-17/h2-6,9,13,17-18,22H,7-8,10-12,14H2,1H3,(H,24,26)/t18-/m1/s1. The van der Waals surface area contributed by atoms with Gasteiger partial charge in [-0.25, -0.2) is 4.98 Å². The highest BCUT2D eigenvalue weighted by atomic mass is 16.5. The Morgan fingerprint density at radius 3 is 2.78 bits per heavy atom. The van der Waals surface area contributed by atoms with E-state index < -0.39 is 0 Å². The van der Waals surface area contributed by atoms with Crippen LogP contribution >= 0.6 is 0 Å². The Labute approximate surface area is 159 Å². The summed E-state index contributed by atoms with van der Waals surface area (Å²) < 4.78 is 5.42. The molecule has 1 saturated heterocycles. The van der Waals surface area contributed by atoms with Crippen molar-refractivity contribution >= 4 is 11.7 Å². The van der Waals surface area contributed by atoms with Gasteiger partial charge in [0.2, 0.25) is 0 Å². The van der Waals surface area contributed by atoms with Crippen molar-refractivity contribution in [3.8, 4) is 5.75 Å². The molecule has 1 aliphatic carbocycles. The number of nitrogens with zero attached hydrogens (tertiary/aromatic N) is 2. The summed E-state index contributed by atoms with van der Waals surface area (Å²) in [6.45, 7) is 2.66. The van der Waals surface area contributed by atoms with Gasteiger partial charge in [-0.1, -0.05) is 18.2 Å². The lowest BCUT2D eigenvalue weighted by molar-refractivity contribution is 0.0950. The summed E-state index contributed by atoms with van der Waals surface area (Å²) in [5, 5.41) is 6.61. The average Bonchev–Trinajstić information content (AvgIpc) is 3.40. The number of anilines is 1. The highest BCUT2D eigenvalue weighted by Gasteiger charge is 2.25. The Morgan fingerprint density at radius 2 is 2.04 bits per heavy atom. The number of methoxy groups -OCH3 is 1. The number of rotatable bonds is 7. The fraction of sp³-hybridized carbons (Fsp3) is 0.429. The zero-order valence-electron chi connectivity index (χ0n) is 15.6. The van der Waals surface area contributed by atoms with E-state index >= 15 is 0 Å². The van der Waals surface area contributed by atoms with Crippen molar-refractivity contribution in [2.24, 2.45) is 0 Å². The normalized spacial score (nSPS) is 19.1. The molecule has 0 unspecified atom stereocenters. The van der Waals surface area contributed by atoms with E-state index in [0.717, 1.165) is 50.5 Å². The Morgan fingerprint density at radius 1 is 1.19 bits per heavy atom. The first kappa shape index (κ1) is 17.8. The van der Waals surface area contributed by atoms with E-state index in [1.807, 2.05) is 30.3 Å². The molecule has 0 spiro atoms. The summed E-state index contributed by atoms with van der Waals surface area (Å²) in [6.07, 6.45) is 4.94. The molecule has 142 valence electrons. The van der Waals surface area contributed by atoms with Gasteiger partial charge < -0.3 is 20.3 Å². The Hall–Kier alpha value is -2.60. The van der Waals surface area contributed by atoms with Crippen LogP contribution in [-0.4, -0.2) is 43.2 Å². The van der Waals surface area contributed by atoms with Gasteiger partial charge in [0.05, 0.1) is 12.7 Å². The SMILES string of the molecule is COc1ccccc1CN[C@@H]1CCN(c2ccc(C(=O)NC3CC3)cn2)C1. The van der Waals surface area contributed by atoms with Gasteiger partial charge in [0.1, 0.15) is 11.6 Å². The molecule has 27 heavy (non-hydrogen) atoms. The number of para-hydroxylation sites is 1. The first-order chi connectivity index (χ1) is 13.2. The van der Waals surface area contributed by atoms with Crippen molar-refractivity contribution in [2.75, 3.05) is 25.1 Å². The molecule has 6 nitrogen and oxygen atoms in total. The molecule has 1 atom stereocenters. The summed E-state index contributed by atoms with van der Waals surface area (Å²) >= 11 is 0. The first-order valence-electron chi connectivity index (χ1n) is 9.60. The third-order valence-electron chi connectivity index (χ3n) is 5.21. The van der Waals surface area contributed by atoms with E-state index in [-0.39, 0.29) is 5.91 Å². The van der Waals surface area contributed by atoms with Gasteiger partial charge >= 0.3 is 0 Å². The topological polar surface area (TPSA) is 66.5 Å². The second-order valence-electron chi connectivity index (χ2n) is 7.28. The molecule has 0 radical (unpaired) electrons. The van der Waals surface area contributed by atoms with E-state index in [1.165, 1.54) is 5.56 Å². The fourth-order valence-electron chi connectivity index (χ4n) is 3.44. The number of carbonyl (C=O) groups is 1. The van der Waals surface area contributed by atoms with Gasteiger partial charge in [0, 0.05) is 43.5 Å². The maximum atomic E-state index is 12.1. The Kier molecular flexibility index (Phi) is 5.25. The number of aromatic nitrogens is 1. The quantitative estimate of drug-likeness (QED) is 0.787. The van der Waals surface area contributed by atoms with Crippen LogP contribution in [0.1, 0.15) is 35.2 Å². The number of benzene rings is 1. The lowest BCUT2D eigenvalue weighted by Gasteiger charge is -2.18. The molecule has 1 aromatic heterocycles. The predicted octanol–water partition coefficient (Wildman–Crippen LogP) is 2.35. The summed E-state index contributed by atoms with van der Waals surface area (Å²) in [4.78, 5) is 18.8. The molecular weight excluding hydrogens is 340 g/mol. The largest absolute Gasteiger partial charge is 0.496 e. The van der Waals surface area contributed by atoms with E-state index in [2.05, 4.69) is 26.6 Å². The van der Waals surface area contributed by atoms with Gasteiger partial charge in [-0.05, 0) is 37.5 Å². The molecule has 1 amide bonds. The second-order valence-corrected chi connectivity index (χ2v) is 7.28. The monoisotopic (exact) mass is 366 g/mol. The maximum absolute atomic E-state index is 12.1. The fourth-order valence-corrected chi connectivity index (χ4v) is 3.44. The summed E-state index contributed by atoms with van der Waals surface area (Å²) in [6, 6.07) is 12.7. The van der Waals surface area contributed by atoms with Crippen LogP contribution in [-0.2, 0) is 6.54 Å². The summed E-state index contributed by atoms with van der Waals surface area (Å²) in [5.41, 5.74) is 1.80. The molecular formula is C21H26N4O2. The van der Waals surface area contributed by atoms with Crippen LogP contribution in [0.5, 0.6) is 5.75 Å². The molecule has 1 saturated carbocycles. The lowest BCUT2D eigenvalue weighted by atomic mass is 10.2. The van der Waals surface area contributed by atoms with Crippen molar-refractivity contribution in [1.82, 2.24) is 15.6 Å². The number of pyridine rings is 1. The van der Waals surface area contributed by atoms with Gasteiger partial charge in [0.15, 0.2) is 0 Å². The molecule has 4 rings (SSSR count). The lowest BCUT2D eigenvalue weighted by Crippen LogP contribution is -2.32. The Bertz CT molecular complexity index is 789. The van der Waals surface area contributed by atoms with Crippen molar-refractivity contribution in [3.63, 3.8) is 0 Å². The molecule has 2 N–H and O–H groups in total. The first-order valence-corrected chi connectivity index (χ1v) is 9.60. The Balaban J connectivity index is 1.30. The van der Waals surface area contributed by atoms with E-state index in [1.54, 1.807) is 13.3 Å². The van der Waals surface area contributed by atoms with Gasteiger partial charge in [-0.3, -0.25) is 4.79 Å². The van der Waals surface area contributed by atoms with E-state index in [9.17, 15) is 4.79 Å². The maximum Gasteiger partial charge on any atom is 0.253 e. The van der Waals surface area contributed by atoms with Crippen LogP contribution in [0.15, 0.2) is 42.6 Å². The summed E-state index contributed by atoms with van der Waals surface area (Å²) in [7, 11) is 1.70. The van der Waals surface area contributed by atoms with Crippen LogP contribution in [0.3, 0.4) is 0 Å². The molecule has 2 fully saturated rings. The third kappa shape index (κ3) is 4.39. The van der Waals surface area contributed by atoms with Crippen LogP contribution in [0.4, 0.5) is 5.82 Å². The highest BCUT2D eigenvalue weighted by Crippen LogP contribution is 2.22. The number of hydrogen-bond donors (Lipinski definition) is 2. The zero-order valence-corrected chi connectivity index (χ0v) is 15.6. The molecule has 2 aliphatic rings. The minimum absolute atomic E-state index is 0.0191. The highest BCUT2D eigenvalue weighted by molar-refractivity contribution is 5.94. The van der Waals surface area contributed by atoms with E-state index in [0.29, 0.717) is 17.6 Å². The van der Waals surface area contributed by atoms with Crippen LogP contribution in [0.2, 0.25) is 0 Å². The molecule has 2 heterocycles.